The van der Waals surface area contributed by atoms with Crippen molar-refractivity contribution in [3.8, 4) is 0 Å². The van der Waals surface area contributed by atoms with Crippen LogP contribution in [-0.2, 0) is 29.1 Å². The summed E-state index contributed by atoms with van der Waals surface area (Å²) in [6.45, 7) is 1.03. The monoisotopic (exact) mass is 345 g/mol. The molecule has 0 spiro atoms. The first-order chi connectivity index (χ1) is 10.2. The zero-order valence-corrected chi connectivity index (χ0v) is 13.1. The molecule has 2 aromatic carbocycles. The normalized spacial score (nSPS) is 17.1. The SMILES string of the molecule is O=C(OCc1ccc(Br)cc1)C1Cc2ccccc2CN1. The van der Waals surface area contributed by atoms with Crippen LogP contribution in [0.5, 0.6) is 0 Å². The van der Waals surface area contributed by atoms with Crippen molar-refractivity contribution in [3.63, 3.8) is 0 Å². The minimum atomic E-state index is -0.254. The second kappa shape index (κ2) is 6.41. The van der Waals surface area contributed by atoms with E-state index in [-0.39, 0.29) is 12.0 Å². The van der Waals surface area contributed by atoms with E-state index in [9.17, 15) is 4.79 Å². The molecule has 2 aromatic rings. The van der Waals surface area contributed by atoms with Crippen LogP contribution < -0.4 is 5.32 Å². The predicted octanol–water partition coefficient (Wildman–Crippen LogP) is 3.21. The molecule has 1 aliphatic heterocycles. The Bertz CT molecular complexity index is 639. The zero-order valence-electron chi connectivity index (χ0n) is 11.5. The Hall–Kier alpha value is -1.65. The van der Waals surface area contributed by atoms with Gasteiger partial charge in [-0.3, -0.25) is 4.79 Å². The van der Waals surface area contributed by atoms with E-state index >= 15 is 0 Å². The highest BCUT2D eigenvalue weighted by Gasteiger charge is 2.25. The van der Waals surface area contributed by atoms with Gasteiger partial charge in [-0.05, 0) is 35.2 Å². The summed E-state index contributed by atoms with van der Waals surface area (Å²) in [4.78, 5) is 12.2. The number of ether oxygens (including phenoxy) is 1. The summed E-state index contributed by atoms with van der Waals surface area (Å²) in [7, 11) is 0. The van der Waals surface area contributed by atoms with E-state index in [1.54, 1.807) is 0 Å². The molecular formula is C17H16BrNO2. The smallest absolute Gasteiger partial charge is 0.323 e. The average molecular weight is 346 g/mol. The van der Waals surface area contributed by atoms with E-state index in [0.29, 0.717) is 19.6 Å². The van der Waals surface area contributed by atoms with Gasteiger partial charge in [0.15, 0.2) is 0 Å². The van der Waals surface area contributed by atoms with Gasteiger partial charge in [-0.2, -0.15) is 0 Å². The maximum Gasteiger partial charge on any atom is 0.323 e. The van der Waals surface area contributed by atoms with Crippen molar-refractivity contribution in [2.24, 2.45) is 0 Å². The summed E-state index contributed by atoms with van der Waals surface area (Å²) in [6, 6.07) is 15.7. The third-order valence-electron chi connectivity index (χ3n) is 3.66. The highest BCUT2D eigenvalue weighted by atomic mass is 79.9. The van der Waals surface area contributed by atoms with Crippen molar-refractivity contribution < 1.29 is 9.53 Å². The van der Waals surface area contributed by atoms with Crippen LogP contribution in [0.25, 0.3) is 0 Å². The first-order valence-electron chi connectivity index (χ1n) is 6.93. The Kier molecular flexibility index (Phi) is 4.36. The maximum absolute atomic E-state index is 12.2. The molecule has 1 heterocycles. The quantitative estimate of drug-likeness (QED) is 0.868. The second-order valence-electron chi connectivity index (χ2n) is 5.14. The lowest BCUT2D eigenvalue weighted by molar-refractivity contribution is -0.147. The Labute approximate surface area is 132 Å². The summed E-state index contributed by atoms with van der Waals surface area (Å²) >= 11 is 3.39. The minimum absolute atomic E-state index is 0.188. The number of halogens is 1. The molecule has 0 fully saturated rings. The van der Waals surface area contributed by atoms with Gasteiger partial charge in [-0.15, -0.1) is 0 Å². The zero-order chi connectivity index (χ0) is 14.7. The molecule has 0 saturated heterocycles. The number of hydrogen-bond acceptors (Lipinski definition) is 3. The molecular weight excluding hydrogens is 330 g/mol. The minimum Gasteiger partial charge on any atom is -0.460 e. The fourth-order valence-corrected chi connectivity index (χ4v) is 2.72. The first kappa shape index (κ1) is 14.3. The molecule has 1 unspecified atom stereocenters. The molecule has 1 N–H and O–H groups in total. The molecule has 21 heavy (non-hydrogen) atoms. The maximum atomic E-state index is 12.2. The van der Waals surface area contributed by atoms with E-state index in [1.165, 1.54) is 11.1 Å². The van der Waals surface area contributed by atoms with Gasteiger partial charge in [-0.1, -0.05) is 52.3 Å². The van der Waals surface area contributed by atoms with E-state index < -0.39 is 0 Å². The van der Waals surface area contributed by atoms with Crippen molar-refractivity contribution in [1.29, 1.82) is 0 Å². The van der Waals surface area contributed by atoms with Crippen LogP contribution in [0.3, 0.4) is 0 Å². The van der Waals surface area contributed by atoms with Gasteiger partial charge in [0.2, 0.25) is 0 Å². The van der Waals surface area contributed by atoms with Gasteiger partial charge in [0, 0.05) is 11.0 Å². The number of carbonyl (C=O) groups excluding carboxylic acids is 1. The van der Waals surface area contributed by atoms with Crippen LogP contribution in [0.2, 0.25) is 0 Å². The van der Waals surface area contributed by atoms with Gasteiger partial charge in [0.05, 0.1) is 0 Å². The molecule has 0 bridgehead atoms. The largest absolute Gasteiger partial charge is 0.460 e. The molecule has 4 heteroatoms. The number of esters is 1. The van der Waals surface area contributed by atoms with E-state index in [4.69, 9.17) is 4.74 Å². The van der Waals surface area contributed by atoms with Crippen molar-refractivity contribution in [2.45, 2.75) is 25.6 Å². The summed E-state index contributed by atoms with van der Waals surface area (Å²) < 4.78 is 6.42. The molecule has 3 rings (SSSR count). The Morgan fingerprint density at radius 1 is 1.14 bits per heavy atom. The number of fused-ring (bicyclic) bond motifs is 1. The molecule has 0 amide bonds. The van der Waals surface area contributed by atoms with Gasteiger partial charge >= 0.3 is 5.97 Å². The Morgan fingerprint density at radius 3 is 2.62 bits per heavy atom. The third kappa shape index (κ3) is 3.52. The molecule has 0 aliphatic carbocycles. The summed E-state index contributed by atoms with van der Waals surface area (Å²) in [6.07, 6.45) is 0.690. The van der Waals surface area contributed by atoms with Crippen molar-refractivity contribution in [2.75, 3.05) is 0 Å². The van der Waals surface area contributed by atoms with Gasteiger partial charge in [0.1, 0.15) is 12.6 Å². The van der Waals surface area contributed by atoms with Crippen molar-refractivity contribution in [3.05, 3.63) is 69.7 Å². The number of carbonyl (C=O) groups is 1. The lowest BCUT2D eigenvalue weighted by Crippen LogP contribution is -2.42. The topological polar surface area (TPSA) is 38.3 Å². The molecule has 0 aromatic heterocycles. The Morgan fingerprint density at radius 2 is 1.86 bits per heavy atom. The van der Waals surface area contributed by atoms with Crippen LogP contribution in [-0.4, -0.2) is 12.0 Å². The van der Waals surface area contributed by atoms with E-state index in [0.717, 1.165) is 10.0 Å². The number of benzene rings is 2. The lowest BCUT2D eigenvalue weighted by atomic mass is 9.96. The lowest BCUT2D eigenvalue weighted by Gasteiger charge is -2.24. The van der Waals surface area contributed by atoms with Gasteiger partial charge in [0.25, 0.3) is 0 Å². The van der Waals surface area contributed by atoms with Crippen LogP contribution in [0.4, 0.5) is 0 Å². The molecule has 1 aliphatic rings. The second-order valence-corrected chi connectivity index (χ2v) is 6.06. The van der Waals surface area contributed by atoms with E-state index in [2.05, 4.69) is 33.4 Å². The fraction of sp³-hybridized carbons (Fsp3) is 0.235. The molecule has 3 nitrogen and oxygen atoms in total. The molecule has 0 saturated carbocycles. The Balaban J connectivity index is 1.58. The van der Waals surface area contributed by atoms with Crippen LogP contribution >= 0.6 is 15.9 Å². The van der Waals surface area contributed by atoms with Gasteiger partial charge in [-0.25, -0.2) is 0 Å². The third-order valence-corrected chi connectivity index (χ3v) is 4.19. The van der Waals surface area contributed by atoms with Crippen LogP contribution in [0.15, 0.2) is 53.0 Å². The number of rotatable bonds is 3. The summed E-state index contributed by atoms with van der Waals surface area (Å²) in [5.41, 5.74) is 3.47. The molecule has 1 atom stereocenters. The highest BCUT2D eigenvalue weighted by molar-refractivity contribution is 9.10. The standard InChI is InChI=1S/C17H16BrNO2/c18-15-7-5-12(6-8-15)11-21-17(20)16-9-13-3-1-2-4-14(13)10-19-16/h1-8,16,19H,9-11H2. The predicted molar refractivity (Wildman–Crippen MR) is 84.7 cm³/mol. The highest BCUT2D eigenvalue weighted by Crippen LogP contribution is 2.17. The summed E-state index contributed by atoms with van der Waals surface area (Å²) in [5.74, 6) is -0.188. The van der Waals surface area contributed by atoms with Crippen molar-refractivity contribution >= 4 is 21.9 Å². The average Bonchev–Trinajstić information content (AvgIpc) is 2.53. The van der Waals surface area contributed by atoms with Crippen LogP contribution in [0.1, 0.15) is 16.7 Å². The van der Waals surface area contributed by atoms with Gasteiger partial charge < -0.3 is 10.1 Å². The summed E-state index contributed by atoms with van der Waals surface area (Å²) in [5, 5.41) is 3.24. The molecule has 0 radical (unpaired) electrons. The van der Waals surface area contributed by atoms with E-state index in [1.807, 2.05) is 36.4 Å². The molecule has 108 valence electrons. The van der Waals surface area contributed by atoms with Crippen molar-refractivity contribution in [1.82, 2.24) is 5.32 Å². The number of nitrogens with one attached hydrogen (secondary N) is 1. The van der Waals surface area contributed by atoms with Crippen LogP contribution in [0, 0.1) is 0 Å². The number of hydrogen-bond donors (Lipinski definition) is 1. The fourth-order valence-electron chi connectivity index (χ4n) is 2.46. The first-order valence-corrected chi connectivity index (χ1v) is 7.73.